The molecule has 23 heavy (non-hydrogen) atoms. The van der Waals surface area contributed by atoms with Crippen molar-refractivity contribution in [1.29, 1.82) is 0 Å². The molecule has 0 atom stereocenters. The standard InChI is InChI=1S/C15H11Cl2N3O2S/c16-10-4-3-9(8-11(10)17)14(21)18-6-5-13-19-20-15(22-13)12-2-1-7-23-12/h1-4,7-8H,5-6H2,(H,18,21). The molecule has 0 unspecified atom stereocenters. The van der Waals surface area contributed by atoms with Crippen molar-refractivity contribution in [2.75, 3.05) is 6.54 Å². The largest absolute Gasteiger partial charge is 0.420 e. The van der Waals surface area contributed by atoms with Crippen molar-refractivity contribution in [1.82, 2.24) is 15.5 Å². The second-order valence-corrected chi connectivity index (χ2v) is 6.38. The van der Waals surface area contributed by atoms with Crippen LogP contribution in [-0.4, -0.2) is 22.6 Å². The third-order valence-electron chi connectivity index (χ3n) is 3.01. The van der Waals surface area contributed by atoms with Crippen LogP contribution in [-0.2, 0) is 6.42 Å². The zero-order chi connectivity index (χ0) is 16.2. The Morgan fingerprint density at radius 1 is 1.22 bits per heavy atom. The number of thiophene rings is 1. The SMILES string of the molecule is O=C(NCCc1nnc(-c2cccs2)o1)c1ccc(Cl)c(Cl)c1. The number of amides is 1. The van der Waals surface area contributed by atoms with Gasteiger partial charge in [-0.3, -0.25) is 4.79 Å². The van der Waals surface area contributed by atoms with Crippen LogP contribution < -0.4 is 5.32 Å². The van der Waals surface area contributed by atoms with Crippen LogP contribution in [0.1, 0.15) is 16.2 Å². The number of halogens is 2. The van der Waals surface area contributed by atoms with Crippen molar-refractivity contribution < 1.29 is 9.21 Å². The molecule has 1 amide bonds. The highest BCUT2D eigenvalue weighted by atomic mass is 35.5. The van der Waals surface area contributed by atoms with Gasteiger partial charge in [0.2, 0.25) is 5.89 Å². The predicted octanol–water partition coefficient (Wildman–Crippen LogP) is 4.08. The van der Waals surface area contributed by atoms with E-state index in [9.17, 15) is 4.79 Å². The molecular weight excluding hydrogens is 357 g/mol. The van der Waals surface area contributed by atoms with Crippen LogP contribution in [0.3, 0.4) is 0 Å². The summed E-state index contributed by atoms with van der Waals surface area (Å²) in [6.45, 7) is 0.380. The van der Waals surface area contributed by atoms with Gasteiger partial charge in [0.05, 0.1) is 14.9 Å². The third kappa shape index (κ3) is 3.90. The van der Waals surface area contributed by atoms with Crippen LogP contribution in [0.5, 0.6) is 0 Å². The summed E-state index contributed by atoms with van der Waals surface area (Å²) in [4.78, 5) is 12.9. The quantitative estimate of drug-likeness (QED) is 0.737. The lowest BCUT2D eigenvalue weighted by atomic mass is 10.2. The zero-order valence-electron chi connectivity index (χ0n) is 11.8. The number of carbonyl (C=O) groups excluding carboxylic acids is 1. The molecule has 0 saturated carbocycles. The molecule has 0 aliphatic carbocycles. The maximum absolute atomic E-state index is 12.0. The lowest BCUT2D eigenvalue weighted by molar-refractivity contribution is 0.0953. The highest BCUT2D eigenvalue weighted by molar-refractivity contribution is 7.13. The smallest absolute Gasteiger partial charge is 0.257 e. The fourth-order valence-corrected chi connectivity index (χ4v) is 2.82. The maximum atomic E-state index is 12.0. The molecule has 5 nitrogen and oxygen atoms in total. The van der Waals surface area contributed by atoms with Crippen molar-refractivity contribution in [3.05, 3.63) is 57.2 Å². The summed E-state index contributed by atoms with van der Waals surface area (Å²) >= 11 is 13.2. The average molecular weight is 368 g/mol. The third-order valence-corrected chi connectivity index (χ3v) is 4.60. The Morgan fingerprint density at radius 3 is 2.83 bits per heavy atom. The van der Waals surface area contributed by atoms with Crippen molar-refractivity contribution in [2.24, 2.45) is 0 Å². The molecule has 8 heteroatoms. The number of hydrogen-bond donors (Lipinski definition) is 1. The van der Waals surface area contributed by atoms with Crippen LogP contribution >= 0.6 is 34.5 Å². The summed E-state index contributed by atoms with van der Waals surface area (Å²) in [7, 11) is 0. The van der Waals surface area contributed by atoms with Crippen molar-refractivity contribution in [2.45, 2.75) is 6.42 Å². The van der Waals surface area contributed by atoms with Crippen molar-refractivity contribution in [3.63, 3.8) is 0 Å². The Kier molecular flexibility index (Phi) is 4.95. The van der Waals surface area contributed by atoms with E-state index in [0.29, 0.717) is 40.4 Å². The second-order valence-electron chi connectivity index (χ2n) is 4.61. The predicted molar refractivity (Wildman–Crippen MR) is 90.1 cm³/mol. The van der Waals surface area contributed by atoms with Crippen molar-refractivity contribution in [3.8, 4) is 10.8 Å². The van der Waals surface area contributed by atoms with Gasteiger partial charge >= 0.3 is 0 Å². The summed E-state index contributed by atoms with van der Waals surface area (Å²) in [5.74, 6) is 0.732. The fraction of sp³-hybridized carbons (Fsp3) is 0.133. The summed E-state index contributed by atoms with van der Waals surface area (Å²) in [6, 6.07) is 8.56. The van der Waals surface area contributed by atoms with E-state index in [2.05, 4.69) is 15.5 Å². The highest BCUT2D eigenvalue weighted by Gasteiger charge is 2.11. The van der Waals surface area contributed by atoms with Gasteiger partial charge in [0.25, 0.3) is 11.8 Å². The lowest BCUT2D eigenvalue weighted by Gasteiger charge is -2.04. The fourth-order valence-electron chi connectivity index (χ4n) is 1.88. The van der Waals surface area contributed by atoms with Gasteiger partial charge in [-0.05, 0) is 29.6 Å². The number of hydrogen-bond acceptors (Lipinski definition) is 5. The monoisotopic (exact) mass is 367 g/mol. The number of carbonyl (C=O) groups is 1. The van der Waals surface area contributed by atoms with Crippen molar-refractivity contribution >= 4 is 40.4 Å². The number of nitrogens with one attached hydrogen (secondary N) is 1. The Balaban J connectivity index is 1.55. The molecule has 3 rings (SSSR count). The van der Waals surface area contributed by atoms with E-state index in [-0.39, 0.29) is 5.91 Å². The molecule has 0 radical (unpaired) electrons. The normalized spacial score (nSPS) is 10.7. The first kappa shape index (κ1) is 16.0. The van der Waals surface area contributed by atoms with E-state index in [1.165, 1.54) is 17.4 Å². The van der Waals surface area contributed by atoms with Gasteiger partial charge in [-0.25, -0.2) is 0 Å². The van der Waals surface area contributed by atoms with Gasteiger partial charge in [-0.2, -0.15) is 0 Å². The minimum Gasteiger partial charge on any atom is -0.420 e. The molecule has 1 N–H and O–H groups in total. The molecule has 0 aliphatic heterocycles. The lowest BCUT2D eigenvalue weighted by Crippen LogP contribution is -2.25. The highest BCUT2D eigenvalue weighted by Crippen LogP contribution is 2.23. The Bertz CT molecular complexity index is 818. The number of aromatic nitrogens is 2. The first-order valence-electron chi connectivity index (χ1n) is 6.73. The van der Waals surface area contributed by atoms with Crippen LogP contribution in [0, 0.1) is 0 Å². The second kappa shape index (κ2) is 7.12. The molecular formula is C15H11Cl2N3O2S. The molecule has 0 spiro atoms. The summed E-state index contributed by atoms with van der Waals surface area (Å²) in [5.41, 5.74) is 0.448. The summed E-state index contributed by atoms with van der Waals surface area (Å²) in [5, 5.41) is 13.4. The summed E-state index contributed by atoms with van der Waals surface area (Å²) < 4.78 is 5.55. The van der Waals surface area contributed by atoms with Gasteiger partial charge in [0.1, 0.15) is 0 Å². The van der Waals surface area contributed by atoms with Crippen LogP contribution in [0.4, 0.5) is 0 Å². The molecule has 118 valence electrons. The molecule has 1 aromatic carbocycles. The number of nitrogens with zero attached hydrogens (tertiary/aromatic N) is 2. The number of benzene rings is 1. The van der Waals surface area contributed by atoms with Gasteiger partial charge in [0, 0.05) is 18.5 Å². The van der Waals surface area contributed by atoms with Crippen LogP contribution in [0.2, 0.25) is 10.0 Å². The molecule has 3 aromatic rings. The summed E-state index contributed by atoms with van der Waals surface area (Å²) in [6.07, 6.45) is 0.450. The Morgan fingerprint density at radius 2 is 2.09 bits per heavy atom. The van der Waals surface area contributed by atoms with E-state index >= 15 is 0 Å². The first-order chi connectivity index (χ1) is 11.1. The first-order valence-corrected chi connectivity index (χ1v) is 8.36. The molecule has 2 heterocycles. The molecule has 0 bridgehead atoms. The van der Waals surface area contributed by atoms with Gasteiger partial charge in [-0.1, -0.05) is 29.3 Å². The Hall–Kier alpha value is -1.89. The molecule has 0 aliphatic rings. The minimum absolute atomic E-state index is 0.235. The minimum atomic E-state index is -0.235. The van der Waals surface area contributed by atoms with Gasteiger partial charge < -0.3 is 9.73 Å². The van der Waals surface area contributed by atoms with Crippen LogP contribution in [0.15, 0.2) is 40.1 Å². The topological polar surface area (TPSA) is 68.0 Å². The average Bonchev–Trinajstić information content (AvgIpc) is 3.20. The van der Waals surface area contributed by atoms with E-state index in [1.54, 1.807) is 12.1 Å². The van der Waals surface area contributed by atoms with E-state index in [0.717, 1.165) is 4.88 Å². The van der Waals surface area contributed by atoms with E-state index in [4.69, 9.17) is 27.6 Å². The van der Waals surface area contributed by atoms with Gasteiger partial charge in [0.15, 0.2) is 0 Å². The van der Waals surface area contributed by atoms with E-state index in [1.807, 2.05) is 17.5 Å². The molecule has 0 saturated heterocycles. The maximum Gasteiger partial charge on any atom is 0.257 e. The van der Waals surface area contributed by atoms with E-state index < -0.39 is 0 Å². The Labute approximate surface area is 146 Å². The van der Waals surface area contributed by atoms with Crippen LogP contribution in [0.25, 0.3) is 10.8 Å². The zero-order valence-corrected chi connectivity index (χ0v) is 14.1. The molecule has 0 fully saturated rings. The molecule has 2 aromatic heterocycles. The van der Waals surface area contributed by atoms with Gasteiger partial charge in [-0.15, -0.1) is 21.5 Å². The number of rotatable bonds is 5.